The zero-order chi connectivity index (χ0) is 9.52. The van der Waals surface area contributed by atoms with Crippen molar-refractivity contribution in [2.75, 3.05) is 26.2 Å². The van der Waals surface area contributed by atoms with Crippen LogP contribution in [0.3, 0.4) is 0 Å². The van der Waals surface area contributed by atoms with E-state index in [0.717, 1.165) is 32.4 Å². The maximum atomic E-state index is 9.43. The first-order valence-corrected chi connectivity index (χ1v) is 5.07. The van der Waals surface area contributed by atoms with Crippen LogP contribution in [0.4, 0.5) is 0 Å². The van der Waals surface area contributed by atoms with Crippen LogP contribution in [0, 0.1) is 0 Å². The lowest BCUT2D eigenvalue weighted by atomic mass is 10.2. The molecule has 13 heavy (non-hydrogen) atoms. The van der Waals surface area contributed by atoms with Crippen molar-refractivity contribution in [3.8, 4) is 0 Å². The quantitative estimate of drug-likeness (QED) is 0.407. The summed E-state index contributed by atoms with van der Waals surface area (Å²) in [5, 5.41) is 24.4. The van der Waals surface area contributed by atoms with Crippen molar-refractivity contribution < 1.29 is 10.2 Å². The molecule has 1 aliphatic rings. The van der Waals surface area contributed by atoms with Crippen molar-refractivity contribution in [1.82, 2.24) is 10.6 Å². The highest BCUT2D eigenvalue weighted by Gasteiger charge is 2.23. The fourth-order valence-corrected chi connectivity index (χ4v) is 1.57. The van der Waals surface area contributed by atoms with Crippen molar-refractivity contribution in [3.63, 3.8) is 0 Å². The highest BCUT2D eigenvalue weighted by molar-refractivity contribution is 4.85. The van der Waals surface area contributed by atoms with E-state index in [0.29, 0.717) is 6.54 Å². The van der Waals surface area contributed by atoms with Gasteiger partial charge >= 0.3 is 0 Å². The summed E-state index contributed by atoms with van der Waals surface area (Å²) in [5.74, 6) is 0. The van der Waals surface area contributed by atoms with Crippen LogP contribution >= 0.6 is 0 Å². The molecule has 0 saturated carbocycles. The fraction of sp³-hybridized carbons (Fsp3) is 1.00. The summed E-state index contributed by atoms with van der Waals surface area (Å²) in [6.45, 7) is 2.78. The molecule has 4 N–H and O–H groups in total. The van der Waals surface area contributed by atoms with Crippen molar-refractivity contribution in [2.24, 2.45) is 0 Å². The molecule has 2 atom stereocenters. The van der Waals surface area contributed by atoms with Gasteiger partial charge in [0.25, 0.3) is 0 Å². The summed E-state index contributed by atoms with van der Waals surface area (Å²) in [6, 6.07) is 0.217. The Balaban J connectivity index is 1.93. The zero-order valence-electron chi connectivity index (χ0n) is 8.00. The summed E-state index contributed by atoms with van der Waals surface area (Å²) >= 11 is 0. The Morgan fingerprint density at radius 2 is 2.08 bits per heavy atom. The van der Waals surface area contributed by atoms with Gasteiger partial charge in [-0.25, -0.2) is 0 Å². The van der Waals surface area contributed by atoms with E-state index in [2.05, 4.69) is 10.6 Å². The minimum Gasteiger partial charge on any atom is -0.396 e. The molecule has 4 nitrogen and oxygen atoms in total. The number of nitrogens with one attached hydrogen (secondary N) is 2. The molecule has 0 amide bonds. The second kappa shape index (κ2) is 6.32. The standard InChI is InChI=1S/C9H20N2O2/c12-5-3-1-2-4-11-8-6-10-7-9(8)13/h8-13H,1-7H2/t8-,9-/m1/s1. The van der Waals surface area contributed by atoms with Gasteiger partial charge in [-0.15, -0.1) is 0 Å². The molecule has 0 aromatic rings. The summed E-state index contributed by atoms with van der Waals surface area (Å²) in [6.07, 6.45) is 2.77. The number of aliphatic hydroxyl groups excluding tert-OH is 2. The van der Waals surface area contributed by atoms with Crippen LogP contribution in [0.2, 0.25) is 0 Å². The molecule has 1 fully saturated rings. The zero-order valence-corrected chi connectivity index (χ0v) is 8.00. The van der Waals surface area contributed by atoms with Gasteiger partial charge in [-0.3, -0.25) is 0 Å². The molecule has 1 saturated heterocycles. The van der Waals surface area contributed by atoms with E-state index in [-0.39, 0.29) is 18.8 Å². The second-order valence-electron chi connectivity index (χ2n) is 3.57. The van der Waals surface area contributed by atoms with Gasteiger partial charge in [0.1, 0.15) is 0 Å². The average Bonchev–Trinajstić information content (AvgIpc) is 2.52. The lowest BCUT2D eigenvalue weighted by Gasteiger charge is -2.14. The molecule has 1 aliphatic heterocycles. The molecule has 0 aromatic carbocycles. The topological polar surface area (TPSA) is 64.5 Å². The van der Waals surface area contributed by atoms with E-state index in [1.807, 2.05) is 0 Å². The third-order valence-electron chi connectivity index (χ3n) is 2.42. The molecule has 0 radical (unpaired) electrons. The molecule has 1 rings (SSSR count). The van der Waals surface area contributed by atoms with Gasteiger partial charge in [-0.1, -0.05) is 0 Å². The van der Waals surface area contributed by atoms with Crippen LogP contribution < -0.4 is 10.6 Å². The summed E-state index contributed by atoms with van der Waals surface area (Å²) < 4.78 is 0. The van der Waals surface area contributed by atoms with E-state index in [1.165, 1.54) is 0 Å². The lowest BCUT2D eigenvalue weighted by molar-refractivity contribution is 0.163. The van der Waals surface area contributed by atoms with E-state index in [1.54, 1.807) is 0 Å². The average molecular weight is 188 g/mol. The van der Waals surface area contributed by atoms with Crippen LogP contribution in [-0.4, -0.2) is 48.6 Å². The fourth-order valence-electron chi connectivity index (χ4n) is 1.57. The molecular weight excluding hydrogens is 168 g/mol. The van der Waals surface area contributed by atoms with Gasteiger partial charge in [0, 0.05) is 25.7 Å². The number of hydrogen-bond donors (Lipinski definition) is 4. The van der Waals surface area contributed by atoms with Crippen molar-refractivity contribution in [3.05, 3.63) is 0 Å². The molecule has 4 heteroatoms. The van der Waals surface area contributed by atoms with Crippen LogP contribution in [-0.2, 0) is 0 Å². The first-order chi connectivity index (χ1) is 6.34. The number of unbranched alkanes of at least 4 members (excludes halogenated alkanes) is 2. The molecular formula is C9H20N2O2. The molecule has 0 aliphatic carbocycles. The smallest absolute Gasteiger partial charge is 0.0829 e. The minimum absolute atomic E-state index is 0.217. The van der Waals surface area contributed by atoms with Crippen LogP contribution in [0.15, 0.2) is 0 Å². The van der Waals surface area contributed by atoms with Gasteiger partial charge < -0.3 is 20.8 Å². The van der Waals surface area contributed by atoms with Crippen LogP contribution in [0.25, 0.3) is 0 Å². The van der Waals surface area contributed by atoms with E-state index >= 15 is 0 Å². The first kappa shape index (κ1) is 10.9. The monoisotopic (exact) mass is 188 g/mol. The normalized spacial score (nSPS) is 28.2. The lowest BCUT2D eigenvalue weighted by Crippen LogP contribution is -2.39. The highest BCUT2D eigenvalue weighted by atomic mass is 16.3. The maximum Gasteiger partial charge on any atom is 0.0829 e. The SMILES string of the molecule is OCCCCCN[C@@H]1CNC[C@H]1O. The number of aliphatic hydroxyl groups is 2. The van der Waals surface area contributed by atoms with Gasteiger partial charge in [0.15, 0.2) is 0 Å². The minimum atomic E-state index is -0.238. The summed E-state index contributed by atoms with van der Waals surface area (Å²) in [7, 11) is 0. The second-order valence-corrected chi connectivity index (χ2v) is 3.57. The van der Waals surface area contributed by atoms with Gasteiger partial charge in [0.05, 0.1) is 6.10 Å². The van der Waals surface area contributed by atoms with Crippen molar-refractivity contribution in [1.29, 1.82) is 0 Å². The highest BCUT2D eigenvalue weighted by Crippen LogP contribution is 2.00. The Morgan fingerprint density at radius 3 is 2.69 bits per heavy atom. The van der Waals surface area contributed by atoms with E-state index < -0.39 is 0 Å². The van der Waals surface area contributed by atoms with Gasteiger partial charge in [0.2, 0.25) is 0 Å². The molecule has 1 heterocycles. The largest absolute Gasteiger partial charge is 0.396 e. The molecule has 78 valence electrons. The molecule has 0 aromatic heterocycles. The Hall–Kier alpha value is -0.160. The third-order valence-corrected chi connectivity index (χ3v) is 2.42. The predicted molar refractivity (Wildman–Crippen MR) is 51.6 cm³/mol. The third kappa shape index (κ3) is 4.04. The Morgan fingerprint density at radius 1 is 1.23 bits per heavy atom. The molecule has 0 spiro atoms. The predicted octanol–water partition coefficient (Wildman–Crippen LogP) is -0.929. The summed E-state index contributed by atoms with van der Waals surface area (Å²) in [5.41, 5.74) is 0. The maximum absolute atomic E-state index is 9.43. The van der Waals surface area contributed by atoms with E-state index in [4.69, 9.17) is 5.11 Å². The van der Waals surface area contributed by atoms with Crippen molar-refractivity contribution >= 4 is 0 Å². The Labute approximate surface area is 79.3 Å². The Bertz CT molecular complexity index is 133. The van der Waals surface area contributed by atoms with Gasteiger partial charge in [-0.2, -0.15) is 0 Å². The molecule has 0 bridgehead atoms. The number of β-amino-alcohol motifs (C(OH)–C–C–N with tert-alkyl or cyclic N) is 1. The van der Waals surface area contributed by atoms with Crippen molar-refractivity contribution in [2.45, 2.75) is 31.4 Å². The number of rotatable bonds is 6. The first-order valence-electron chi connectivity index (χ1n) is 5.07. The van der Waals surface area contributed by atoms with E-state index in [9.17, 15) is 5.11 Å². The number of hydrogen-bond acceptors (Lipinski definition) is 4. The van der Waals surface area contributed by atoms with Crippen LogP contribution in [0.5, 0.6) is 0 Å². The van der Waals surface area contributed by atoms with Gasteiger partial charge in [-0.05, 0) is 25.8 Å². The van der Waals surface area contributed by atoms with Crippen LogP contribution in [0.1, 0.15) is 19.3 Å². The molecule has 0 unspecified atom stereocenters. The Kier molecular flexibility index (Phi) is 5.31. The summed E-state index contributed by atoms with van der Waals surface area (Å²) in [4.78, 5) is 0.